The van der Waals surface area contributed by atoms with E-state index in [1.807, 2.05) is 48.5 Å². The van der Waals surface area contributed by atoms with Crippen LogP contribution in [0.25, 0.3) is 5.69 Å². The minimum absolute atomic E-state index is 0.0803. The highest BCUT2D eigenvalue weighted by atomic mass is 16.5. The molecule has 1 aromatic heterocycles. The molecule has 2 aromatic carbocycles. The van der Waals surface area contributed by atoms with E-state index in [0.717, 1.165) is 17.0 Å². The lowest BCUT2D eigenvalue weighted by Crippen LogP contribution is -2.22. The zero-order chi connectivity index (χ0) is 17.8. The van der Waals surface area contributed by atoms with Gasteiger partial charge in [-0.05, 0) is 67.9 Å². The van der Waals surface area contributed by atoms with Crippen molar-refractivity contribution in [3.63, 3.8) is 0 Å². The van der Waals surface area contributed by atoms with Gasteiger partial charge in [-0.15, -0.1) is 0 Å². The van der Waals surface area contributed by atoms with Crippen LogP contribution in [0, 0.1) is 13.8 Å². The normalized spacial score (nSPS) is 10.5. The van der Waals surface area contributed by atoms with Crippen molar-refractivity contribution in [2.24, 2.45) is 0 Å². The summed E-state index contributed by atoms with van der Waals surface area (Å²) in [5, 5.41) is 2.94. The van der Waals surface area contributed by atoms with Gasteiger partial charge in [-0.3, -0.25) is 4.79 Å². The van der Waals surface area contributed by atoms with Crippen molar-refractivity contribution in [1.29, 1.82) is 0 Å². The van der Waals surface area contributed by atoms with Crippen molar-refractivity contribution in [3.05, 3.63) is 83.2 Å². The third-order valence-corrected chi connectivity index (χ3v) is 4.27. The van der Waals surface area contributed by atoms with E-state index >= 15 is 0 Å². The largest absolute Gasteiger partial charge is 0.497 e. The lowest BCUT2D eigenvalue weighted by atomic mass is 10.1. The zero-order valence-electron chi connectivity index (χ0n) is 14.7. The molecule has 1 N–H and O–H groups in total. The monoisotopic (exact) mass is 334 g/mol. The Bertz CT molecular complexity index is 842. The maximum Gasteiger partial charge on any atom is 0.251 e. The predicted octanol–water partition coefficient (Wildman–Crippen LogP) is 4.03. The Labute approximate surface area is 148 Å². The Morgan fingerprint density at radius 3 is 2.08 bits per heavy atom. The first kappa shape index (κ1) is 16.8. The first-order chi connectivity index (χ1) is 12.1. The third kappa shape index (κ3) is 3.74. The molecular weight excluding hydrogens is 312 g/mol. The highest BCUT2D eigenvalue weighted by Crippen LogP contribution is 2.17. The van der Waals surface area contributed by atoms with Gasteiger partial charge >= 0.3 is 0 Å². The average Bonchev–Trinajstić information content (AvgIpc) is 2.98. The van der Waals surface area contributed by atoms with Crippen molar-refractivity contribution < 1.29 is 9.53 Å². The number of ether oxygens (including phenoxy) is 1. The van der Waals surface area contributed by atoms with Crippen molar-refractivity contribution in [1.82, 2.24) is 9.88 Å². The van der Waals surface area contributed by atoms with Gasteiger partial charge in [-0.25, -0.2) is 0 Å². The molecule has 0 fully saturated rings. The van der Waals surface area contributed by atoms with Crippen molar-refractivity contribution >= 4 is 5.91 Å². The number of nitrogens with one attached hydrogen (secondary N) is 1. The summed E-state index contributed by atoms with van der Waals surface area (Å²) in [5.74, 6) is 0.726. The van der Waals surface area contributed by atoms with Crippen LogP contribution < -0.4 is 10.1 Å². The maximum atomic E-state index is 12.3. The Morgan fingerprint density at radius 2 is 1.52 bits per heavy atom. The van der Waals surface area contributed by atoms with Gasteiger partial charge < -0.3 is 14.6 Å². The van der Waals surface area contributed by atoms with Gasteiger partial charge in [0.25, 0.3) is 5.91 Å². The first-order valence-electron chi connectivity index (χ1n) is 8.25. The third-order valence-electron chi connectivity index (χ3n) is 4.27. The summed E-state index contributed by atoms with van der Waals surface area (Å²) in [6.07, 6.45) is 0. The van der Waals surface area contributed by atoms with Crippen LogP contribution in [-0.4, -0.2) is 17.6 Å². The minimum atomic E-state index is -0.0803. The minimum Gasteiger partial charge on any atom is -0.497 e. The molecule has 0 bridgehead atoms. The van der Waals surface area contributed by atoms with Crippen LogP contribution in [0.15, 0.2) is 60.7 Å². The van der Waals surface area contributed by atoms with Crippen molar-refractivity contribution in [2.75, 3.05) is 7.11 Å². The quantitative estimate of drug-likeness (QED) is 0.765. The molecule has 0 aliphatic carbocycles. The Morgan fingerprint density at radius 1 is 0.920 bits per heavy atom. The van der Waals surface area contributed by atoms with E-state index in [-0.39, 0.29) is 5.91 Å². The molecule has 0 saturated heterocycles. The van der Waals surface area contributed by atoms with Crippen LogP contribution >= 0.6 is 0 Å². The number of amides is 1. The van der Waals surface area contributed by atoms with E-state index < -0.39 is 0 Å². The predicted molar refractivity (Wildman–Crippen MR) is 99.4 cm³/mol. The smallest absolute Gasteiger partial charge is 0.251 e. The molecule has 4 heteroatoms. The fourth-order valence-electron chi connectivity index (χ4n) is 2.87. The fraction of sp³-hybridized carbons (Fsp3) is 0.190. The molecule has 3 rings (SSSR count). The summed E-state index contributed by atoms with van der Waals surface area (Å²) in [6, 6.07) is 19.5. The number of methoxy groups -OCH3 is 1. The van der Waals surface area contributed by atoms with Gasteiger partial charge in [0.1, 0.15) is 5.75 Å². The van der Waals surface area contributed by atoms with Gasteiger partial charge in [0.05, 0.1) is 7.11 Å². The Balaban J connectivity index is 1.66. The van der Waals surface area contributed by atoms with Crippen LogP contribution in [0.2, 0.25) is 0 Å². The molecule has 0 radical (unpaired) electrons. The molecule has 25 heavy (non-hydrogen) atoms. The van der Waals surface area contributed by atoms with Crippen molar-refractivity contribution in [3.8, 4) is 11.4 Å². The number of aryl methyl sites for hydroxylation is 2. The van der Waals surface area contributed by atoms with Crippen molar-refractivity contribution in [2.45, 2.75) is 20.4 Å². The topological polar surface area (TPSA) is 43.3 Å². The van der Waals surface area contributed by atoms with Crippen LogP contribution in [0.4, 0.5) is 0 Å². The summed E-state index contributed by atoms with van der Waals surface area (Å²) in [5.41, 5.74) is 5.10. The standard InChI is InChI=1S/C21H22N2O2/c1-15-4-5-16(2)23(15)19-10-8-18(9-11-19)21(24)22-14-17-6-12-20(25-3)13-7-17/h4-13H,14H2,1-3H3,(H,22,24). The molecule has 0 aliphatic rings. The fourth-order valence-corrected chi connectivity index (χ4v) is 2.87. The number of rotatable bonds is 5. The van der Waals surface area contributed by atoms with Gasteiger partial charge in [-0.2, -0.15) is 0 Å². The molecule has 0 saturated carbocycles. The number of hydrogen-bond donors (Lipinski definition) is 1. The lowest BCUT2D eigenvalue weighted by molar-refractivity contribution is 0.0951. The molecule has 3 aromatic rings. The molecule has 0 unspecified atom stereocenters. The van der Waals surface area contributed by atoms with E-state index in [1.54, 1.807) is 7.11 Å². The molecule has 128 valence electrons. The lowest BCUT2D eigenvalue weighted by Gasteiger charge is -2.11. The summed E-state index contributed by atoms with van der Waals surface area (Å²) in [7, 11) is 1.64. The highest BCUT2D eigenvalue weighted by molar-refractivity contribution is 5.94. The molecule has 0 aliphatic heterocycles. The molecule has 1 amide bonds. The molecule has 0 spiro atoms. The second-order valence-electron chi connectivity index (χ2n) is 6.03. The Hall–Kier alpha value is -3.01. The Kier molecular flexibility index (Phi) is 4.89. The number of aromatic nitrogens is 1. The molecule has 4 nitrogen and oxygen atoms in total. The summed E-state index contributed by atoms with van der Waals surface area (Å²) in [6.45, 7) is 4.63. The van der Waals surface area contributed by atoms with E-state index in [4.69, 9.17) is 4.74 Å². The first-order valence-corrected chi connectivity index (χ1v) is 8.25. The number of hydrogen-bond acceptors (Lipinski definition) is 2. The van der Waals surface area contributed by atoms with Crippen LogP contribution in [0.5, 0.6) is 5.75 Å². The summed E-state index contributed by atoms with van der Waals surface area (Å²) >= 11 is 0. The van der Waals surface area contributed by atoms with E-state index in [0.29, 0.717) is 12.1 Å². The van der Waals surface area contributed by atoms with Gasteiger partial charge in [-0.1, -0.05) is 12.1 Å². The number of nitrogens with zero attached hydrogens (tertiary/aromatic N) is 1. The highest BCUT2D eigenvalue weighted by Gasteiger charge is 2.08. The second kappa shape index (κ2) is 7.26. The van der Waals surface area contributed by atoms with E-state index in [9.17, 15) is 4.79 Å². The summed E-state index contributed by atoms with van der Waals surface area (Å²) < 4.78 is 7.30. The van der Waals surface area contributed by atoms with Crippen LogP contribution in [0.3, 0.4) is 0 Å². The number of carbonyl (C=O) groups is 1. The van der Waals surface area contributed by atoms with Gasteiger partial charge in [0, 0.05) is 29.2 Å². The van der Waals surface area contributed by atoms with Crippen LogP contribution in [-0.2, 0) is 6.54 Å². The summed E-state index contributed by atoms with van der Waals surface area (Å²) in [4.78, 5) is 12.3. The average molecular weight is 334 g/mol. The zero-order valence-corrected chi connectivity index (χ0v) is 14.7. The van der Waals surface area contributed by atoms with Gasteiger partial charge in [0.15, 0.2) is 0 Å². The molecular formula is C21H22N2O2. The van der Waals surface area contributed by atoms with Gasteiger partial charge in [0.2, 0.25) is 0 Å². The van der Waals surface area contributed by atoms with E-state index in [1.165, 1.54) is 11.4 Å². The van der Waals surface area contributed by atoms with Crippen LogP contribution in [0.1, 0.15) is 27.3 Å². The van der Waals surface area contributed by atoms with E-state index in [2.05, 4.69) is 35.9 Å². The number of benzene rings is 2. The number of carbonyl (C=O) groups excluding carboxylic acids is 1. The SMILES string of the molecule is COc1ccc(CNC(=O)c2ccc(-n3c(C)ccc3C)cc2)cc1. The second-order valence-corrected chi connectivity index (χ2v) is 6.03. The maximum absolute atomic E-state index is 12.3. The molecule has 0 atom stereocenters. The molecule has 1 heterocycles.